The minimum atomic E-state index is -0.886. The molecule has 0 aliphatic rings. The van der Waals surface area contributed by atoms with Crippen molar-refractivity contribution < 1.29 is 13.6 Å². The van der Waals surface area contributed by atoms with Gasteiger partial charge < -0.3 is 5.32 Å². The van der Waals surface area contributed by atoms with Crippen molar-refractivity contribution in [2.75, 3.05) is 5.32 Å². The number of hydrogen-bond donors (Lipinski definition) is 1. The van der Waals surface area contributed by atoms with E-state index in [1.807, 2.05) is 0 Å². The van der Waals surface area contributed by atoms with E-state index >= 15 is 0 Å². The largest absolute Gasteiger partial charge is 0.322 e. The van der Waals surface area contributed by atoms with Gasteiger partial charge in [-0.15, -0.1) is 11.6 Å². The van der Waals surface area contributed by atoms with Crippen molar-refractivity contribution >= 4 is 23.2 Å². The summed E-state index contributed by atoms with van der Waals surface area (Å²) in [5, 5.41) is 2.55. The van der Waals surface area contributed by atoms with Gasteiger partial charge in [0.05, 0.1) is 5.56 Å². The average molecular weight is 296 g/mol. The molecule has 0 saturated heterocycles. The summed E-state index contributed by atoms with van der Waals surface area (Å²) in [6, 6.07) is 8.76. The predicted molar refractivity (Wildman–Crippen MR) is 75.0 cm³/mol. The lowest BCUT2D eigenvalue weighted by molar-refractivity contribution is 0.102. The van der Waals surface area contributed by atoms with E-state index in [0.29, 0.717) is 17.6 Å². The summed E-state index contributed by atoms with van der Waals surface area (Å²) in [4.78, 5) is 12.0. The number of aryl methyl sites for hydroxylation is 1. The van der Waals surface area contributed by atoms with Crippen LogP contribution in [0.5, 0.6) is 0 Å². The molecule has 0 radical (unpaired) electrons. The second-order valence-corrected chi connectivity index (χ2v) is 4.63. The van der Waals surface area contributed by atoms with E-state index in [2.05, 4.69) is 5.32 Å². The fraction of sp³-hybridized carbons (Fsp3) is 0.133. The number of rotatable bonds is 3. The number of hydrogen-bond acceptors (Lipinski definition) is 1. The molecule has 0 bridgehead atoms. The Morgan fingerprint density at radius 1 is 1.15 bits per heavy atom. The Hall–Kier alpha value is -1.94. The lowest BCUT2D eigenvalue weighted by Gasteiger charge is -2.08. The van der Waals surface area contributed by atoms with E-state index in [-0.39, 0.29) is 11.1 Å². The molecular formula is C15H12ClF2NO. The zero-order valence-electron chi connectivity index (χ0n) is 10.7. The van der Waals surface area contributed by atoms with Gasteiger partial charge in [-0.3, -0.25) is 4.79 Å². The van der Waals surface area contributed by atoms with Gasteiger partial charge in [0, 0.05) is 17.6 Å². The maximum absolute atomic E-state index is 13.6. The first kappa shape index (κ1) is 14.5. The highest BCUT2D eigenvalue weighted by Crippen LogP contribution is 2.17. The summed E-state index contributed by atoms with van der Waals surface area (Å²) < 4.78 is 26.7. The van der Waals surface area contributed by atoms with Crippen LogP contribution in [-0.2, 0) is 5.88 Å². The van der Waals surface area contributed by atoms with E-state index in [1.165, 1.54) is 13.0 Å². The molecule has 2 rings (SSSR count). The van der Waals surface area contributed by atoms with Gasteiger partial charge in [0.15, 0.2) is 0 Å². The molecule has 20 heavy (non-hydrogen) atoms. The molecule has 1 N–H and O–H groups in total. The third-order valence-electron chi connectivity index (χ3n) is 2.86. The summed E-state index contributed by atoms with van der Waals surface area (Å²) in [6.07, 6.45) is 0. The van der Waals surface area contributed by atoms with Crippen molar-refractivity contribution in [2.24, 2.45) is 0 Å². The van der Waals surface area contributed by atoms with E-state index in [1.54, 1.807) is 24.3 Å². The predicted octanol–water partition coefficient (Wildman–Crippen LogP) is 4.26. The quantitative estimate of drug-likeness (QED) is 0.842. The van der Waals surface area contributed by atoms with Gasteiger partial charge >= 0.3 is 0 Å². The Kier molecular flexibility index (Phi) is 4.35. The van der Waals surface area contributed by atoms with E-state index in [4.69, 9.17) is 11.6 Å². The third-order valence-corrected chi connectivity index (χ3v) is 3.17. The molecule has 5 heteroatoms. The van der Waals surface area contributed by atoms with E-state index < -0.39 is 17.5 Å². The van der Waals surface area contributed by atoms with Crippen LogP contribution in [0.15, 0.2) is 36.4 Å². The number of carbonyl (C=O) groups excluding carboxylic acids is 1. The van der Waals surface area contributed by atoms with E-state index in [9.17, 15) is 13.6 Å². The Morgan fingerprint density at radius 2 is 1.80 bits per heavy atom. The molecule has 104 valence electrons. The van der Waals surface area contributed by atoms with Crippen LogP contribution in [0.3, 0.4) is 0 Å². The second kappa shape index (κ2) is 6.01. The summed E-state index contributed by atoms with van der Waals surface area (Å²) in [5.41, 5.74) is 1.46. The highest BCUT2D eigenvalue weighted by atomic mass is 35.5. The fourth-order valence-electron chi connectivity index (χ4n) is 1.71. The van der Waals surface area contributed by atoms with Crippen LogP contribution in [0, 0.1) is 18.6 Å². The first-order valence-electron chi connectivity index (χ1n) is 5.93. The SMILES string of the molecule is Cc1cc(C(=O)Nc2ccc(CCl)cc2)c(F)cc1F. The third kappa shape index (κ3) is 3.14. The van der Waals surface area contributed by atoms with Gasteiger partial charge in [-0.05, 0) is 36.2 Å². The summed E-state index contributed by atoms with van der Waals surface area (Å²) in [6.45, 7) is 1.47. The van der Waals surface area contributed by atoms with Gasteiger partial charge in [-0.1, -0.05) is 12.1 Å². The number of alkyl halides is 1. The van der Waals surface area contributed by atoms with Crippen molar-refractivity contribution in [3.63, 3.8) is 0 Å². The van der Waals surface area contributed by atoms with Crippen LogP contribution >= 0.6 is 11.6 Å². The van der Waals surface area contributed by atoms with Gasteiger partial charge in [-0.2, -0.15) is 0 Å². The van der Waals surface area contributed by atoms with Gasteiger partial charge in [0.1, 0.15) is 11.6 Å². The minimum Gasteiger partial charge on any atom is -0.322 e. The standard InChI is InChI=1S/C15H12ClF2NO/c1-9-6-12(14(18)7-13(9)17)15(20)19-11-4-2-10(8-16)3-5-11/h2-7H,8H2,1H3,(H,19,20). The molecule has 0 saturated carbocycles. The van der Waals surface area contributed by atoms with Crippen LogP contribution < -0.4 is 5.32 Å². The first-order valence-corrected chi connectivity index (χ1v) is 6.46. The van der Waals surface area contributed by atoms with E-state index in [0.717, 1.165) is 5.56 Å². The van der Waals surface area contributed by atoms with Crippen LogP contribution in [-0.4, -0.2) is 5.91 Å². The van der Waals surface area contributed by atoms with Gasteiger partial charge in [0.2, 0.25) is 0 Å². The molecule has 0 aliphatic heterocycles. The Balaban J connectivity index is 2.21. The molecule has 2 aromatic carbocycles. The minimum absolute atomic E-state index is 0.190. The average Bonchev–Trinajstić information content (AvgIpc) is 2.43. The van der Waals surface area contributed by atoms with Gasteiger partial charge in [-0.25, -0.2) is 8.78 Å². The normalized spacial score (nSPS) is 10.4. The highest BCUT2D eigenvalue weighted by molar-refractivity contribution is 6.17. The zero-order valence-corrected chi connectivity index (χ0v) is 11.5. The van der Waals surface area contributed by atoms with Crippen molar-refractivity contribution in [3.05, 3.63) is 64.7 Å². The van der Waals surface area contributed by atoms with Gasteiger partial charge in [0.25, 0.3) is 5.91 Å². The first-order chi connectivity index (χ1) is 9.51. The second-order valence-electron chi connectivity index (χ2n) is 4.37. The molecular weight excluding hydrogens is 284 g/mol. The van der Waals surface area contributed by atoms with Crippen LogP contribution in [0.2, 0.25) is 0 Å². The lowest BCUT2D eigenvalue weighted by Crippen LogP contribution is -2.14. The maximum Gasteiger partial charge on any atom is 0.258 e. The Morgan fingerprint density at radius 3 is 2.40 bits per heavy atom. The number of benzene rings is 2. The molecule has 0 aliphatic carbocycles. The number of amides is 1. The Bertz CT molecular complexity index is 641. The molecule has 0 heterocycles. The van der Waals surface area contributed by atoms with Crippen LogP contribution in [0.25, 0.3) is 0 Å². The summed E-state index contributed by atoms with van der Waals surface area (Å²) in [7, 11) is 0. The molecule has 2 aromatic rings. The van der Waals surface area contributed by atoms with Crippen molar-refractivity contribution in [3.8, 4) is 0 Å². The summed E-state index contributed by atoms with van der Waals surface area (Å²) >= 11 is 5.66. The Labute approximate surface area is 120 Å². The fourth-order valence-corrected chi connectivity index (χ4v) is 1.89. The van der Waals surface area contributed by atoms with Crippen molar-refractivity contribution in [1.82, 2.24) is 0 Å². The van der Waals surface area contributed by atoms with Crippen molar-refractivity contribution in [2.45, 2.75) is 12.8 Å². The molecule has 0 fully saturated rings. The van der Waals surface area contributed by atoms with Crippen molar-refractivity contribution in [1.29, 1.82) is 0 Å². The number of nitrogens with one attached hydrogen (secondary N) is 1. The smallest absolute Gasteiger partial charge is 0.258 e. The van der Waals surface area contributed by atoms with Crippen LogP contribution in [0.1, 0.15) is 21.5 Å². The molecule has 1 amide bonds. The molecule has 0 spiro atoms. The molecule has 2 nitrogen and oxygen atoms in total. The molecule has 0 unspecified atom stereocenters. The highest BCUT2D eigenvalue weighted by Gasteiger charge is 2.14. The molecule has 0 atom stereocenters. The topological polar surface area (TPSA) is 29.1 Å². The lowest BCUT2D eigenvalue weighted by atomic mass is 10.1. The molecule has 0 aromatic heterocycles. The van der Waals surface area contributed by atoms with Crippen LogP contribution in [0.4, 0.5) is 14.5 Å². The number of halogens is 3. The number of carbonyl (C=O) groups is 1. The number of anilines is 1. The zero-order chi connectivity index (χ0) is 14.7. The summed E-state index contributed by atoms with van der Waals surface area (Å²) in [5.74, 6) is -1.81. The maximum atomic E-state index is 13.6. The monoisotopic (exact) mass is 295 g/mol.